The number of alkyl halides is 3. The van der Waals surface area contributed by atoms with Crippen LogP contribution in [0, 0.1) is 0 Å². The Kier molecular flexibility index (Phi) is 8.40. The molecule has 1 aromatic carbocycles. The Morgan fingerprint density at radius 1 is 1.09 bits per heavy atom. The maximum atomic E-state index is 13.4. The molecule has 1 aromatic heterocycles. The van der Waals surface area contributed by atoms with E-state index in [0.717, 1.165) is 37.1 Å². The molecule has 0 fully saturated rings. The molecule has 0 aliphatic carbocycles. The van der Waals surface area contributed by atoms with E-state index in [0.29, 0.717) is 12.0 Å². The lowest BCUT2D eigenvalue weighted by Gasteiger charge is -2.20. The molecule has 0 radical (unpaired) electrons. The number of carbonyl (C=O) groups excluding carboxylic acids is 1. The van der Waals surface area contributed by atoms with Crippen LogP contribution >= 0.6 is 0 Å². The highest BCUT2D eigenvalue weighted by molar-refractivity contribution is 5.98. The third kappa shape index (κ3) is 7.19. The summed E-state index contributed by atoms with van der Waals surface area (Å²) in [5.74, 6) is -0.767. The maximum absolute atomic E-state index is 13.4. The molecule has 1 heterocycles. The number of aliphatic hydroxyl groups is 1. The number of nitrogens with zero attached hydrogens (tertiary/aromatic N) is 3. The van der Waals surface area contributed by atoms with Gasteiger partial charge >= 0.3 is 6.18 Å². The zero-order valence-electron chi connectivity index (χ0n) is 21.1. The molecule has 5 nitrogen and oxygen atoms in total. The van der Waals surface area contributed by atoms with Crippen LogP contribution in [0.5, 0.6) is 0 Å². The fourth-order valence-electron chi connectivity index (χ4n) is 3.66. The molecule has 2 rings (SSSR count). The second-order valence-electron chi connectivity index (χ2n) is 10.2. The molecule has 0 unspecified atom stereocenters. The summed E-state index contributed by atoms with van der Waals surface area (Å²) in [7, 11) is 1.90. The van der Waals surface area contributed by atoms with Gasteiger partial charge in [0.15, 0.2) is 5.49 Å². The van der Waals surface area contributed by atoms with Gasteiger partial charge in [-0.15, -0.1) is 0 Å². The molecule has 0 bridgehead atoms. The van der Waals surface area contributed by atoms with Crippen molar-refractivity contribution in [2.24, 2.45) is 12.0 Å². The number of aromatic nitrogens is 2. The van der Waals surface area contributed by atoms with Crippen molar-refractivity contribution >= 4 is 12.0 Å². The minimum absolute atomic E-state index is 0.170. The lowest BCUT2D eigenvalue weighted by Crippen LogP contribution is -2.25. The quantitative estimate of drug-likeness (QED) is 0.506. The number of benzene rings is 1. The maximum Gasteiger partial charge on any atom is 0.416 e. The van der Waals surface area contributed by atoms with Crippen LogP contribution in [0.2, 0.25) is 0 Å². The minimum Gasteiger partial charge on any atom is -0.386 e. The lowest BCUT2D eigenvalue weighted by atomic mass is 9.92. The smallest absolute Gasteiger partial charge is 0.386 e. The van der Waals surface area contributed by atoms with Crippen LogP contribution in [0.15, 0.2) is 35.3 Å². The number of hydrogen-bond donors (Lipinski definition) is 1. The molecule has 2 aromatic rings. The Morgan fingerprint density at radius 3 is 2.26 bits per heavy atom. The molecule has 0 saturated carbocycles. The fourth-order valence-corrected chi connectivity index (χ4v) is 3.66. The number of hydrogen-bond acceptors (Lipinski definition) is 2. The standard InChI is InChI=1S/C26H36F3N3O2/c1-8-9-10-15-32-22(17-21(31(32)7)24(2,3)4)30-23(33)20-16-19(26(27,28)29)12-11-18(20)13-14-25(5,6)34/h11-14,16-17,34H,8-10,15H2,1-7H3. The summed E-state index contributed by atoms with van der Waals surface area (Å²) in [4.78, 5) is 17.5. The number of carbonyl (C=O) groups is 1. The number of halogens is 3. The van der Waals surface area contributed by atoms with Crippen LogP contribution in [0.25, 0.3) is 6.08 Å². The van der Waals surface area contributed by atoms with Gasteiger partial charge in [-0.1, -0.05) is 58.8 Å². The highest BCUT2D eigenvalue weighted by atomic mass is 19.4. The largest absolute Gasteiger partial charge is 0.416 e. The molecular formula is C26H36F3N3O2. The number of unbranched alkanes of at least 4 members (excludes halogenated alkanes) is 2. The van der Waals surface area contributed by atoms with Gasteiger partial charge in [-0.25, -0.2) is 0 Å². The second kappa shape index (κ2) is 10.3. The van der Waals surface area contributed by atoms with E-state index in [1.165, 1.54) is 32.1 Å². The minimum atomic E-state index is -4.60. The normalized spacial score (nSPS) is 13.8. The van der Waals surface area contributed by atoms with Gasteiger partial charge in [0, 0.05) is 36.3 Å². The van der Waals surface area contributed by atoms with Gasteiger partial charge in [0.2, 0.25) is 0 Å². The van der Waals surface area contributed by atoms with E-state index in [1.54, 1.807) is 0 Å². The van der Waals surface area contributed by atoms with Crippen molar-refractivity contribution in [2.45, 2.75) is 84.5 Å². The molecule has 1 N–H and O–H groups in total. The average molecular weight is 480 g/mol. The van der Waals surface area contributed by atoms with Crippen LogP contribution < -0.4 is 5.49 Å². The van der Waals surface area contributed by atoms with Crippen molar-refractivity contribution in [2.75, 3.05) is 0 Å². The van der Waals surface area contributed by atoms with E-state index in [1.807, 2.05) is 22.5 Å². The van der Waals surface area contributed by atoms with Gasteiger partial charge in [-0.3, -0.25) is 14.2 Å². The molecule has 0 spiro atoms. The summed E-state index contributed by atoms with van der Waals surface area (Å²) in [6, 6.07) is 4.80. The predicted molar refractivity (Wildman–Crippen MR) is 128 cm³/mol. The molecule has 0 aliphatic rings. The first kappa shape index (κ1) is 27.6. The molecule has 0 atom stereocenters. The third-order valence-electron chi connectivity index (χ3n) is 5.48. The van der Waals surface area contributed by atoms with Crippen molar-refractivity contribution < 1.29 is 23.1 Å². The van der Waals surface area contributed by atoms with Crippen LogP contribution in [0.3, 0.4) is 0 Å². The van der Waals surface area contributed by atoms with Crippen molar-refractivity contribution in [1.82, 2.24) is 9.36 Å². The first-order chi connectivity index (χ1) is 15.5. The Bertz CT molecular complexity index is 1110. The van der Waals surface area contributed by atoms with Crippen molar-refractivity contribution in [1.29, 1.82) is 0 Å². The molecule has 0 aliphatic heterocycles. The van der Waals surface area contributed by atoms with Gasteiger partial charge < -0.3 is 5.11 Å². The topological polar surface area (TPSA) is 59.5 Å². The van der Waals surface area contributed by atoms with Gasteiger partial charge in [-0.2, -0.15) is 18.2 Å². The van der Waals surface area contributed by atoms with Crippen molar-refractivity contribution in [3.05, 3.63) is 58.2 Å². The SMILES string of the molecule is CCCCCn1c(=NC(=O)c2cc(C(F)(F)F)ccc2C=CC(C)(C)O)cc(C(C)(C)C)n1C. The highest BCUT2D eigenvalue weighted by Gasteiger charge is 2.31. The van der Waals surface area contributed by atoms with Gasteiger partial charge in [-0.05, 0) is 38.0 Å². The predicted octanol–water partition coefficient (Wildman–Crippen LogP) is 5.86. The van der Waals surface area contributed by atoms with Crippen molar-refractivity contribution in [3.63, 3.8) is 0 Å². The second-order valence-corrected chi connectivity index (χ2v) is 10.2. The van der Waals surface area contributed by atoms with Gasteiger partial charge in [0.25, 0.3) is 5.91 Å². The van der Waals surface area contributed by atoms with E-state index in [4.69, 9.17) is 0 Å². The zero-order chi connectivity index (χ0) is 25.9. The molecule has 1 amide bonds. The number of amides is 1. The molecule has 188 valence electrons. The van der Waals surface area contributed by atoms with E-state index in [9.17, 15) is 23.1 Å². The monoisotopic (exact) mass is 479 g/mol. The zero-order valence-corrected chi connectivity index (χ0v) is 21.1. The van der Waals surface area contributed by atoms with E-state index in [2.05, 4.69) is 32.7 Å². The molecule has 0 saturated heterocycles. The van der Waals surface area contributed by atoms with Crippen LogP contribution in [-0.2, 0) is 25.2 Å². The van der Waals surface area contributed by atoms with Gasteiger partial charge in [0.05, 0.1) is 11.2 Å². The molecule has 8 heteroatoms. The summed E-state index contributed by atoms with van der Waals surface area (Å²) >= 11 is 0. The Balaban J connectivity index is 2.68. The summed E-state index contributed by atoms with van der Waals surface area (Å²) in [6.45, 7) is 12.0. The molecule has 34 heavy (non-hydrogen) atoms. The first-order valence-corrected chi connectivity index (χ1v) is 11.5. The number of rotatable bonds is 7. The summed E-state index contributed by atoms with van der Waals surface area (Å²) in [5, 5.41) is 9.99. The molecular weight excluding hydrogens is 443 g/mol. The highest BCUT2D eigenvalue weighted by Crippen LogP contribution is 2.31. The first-order valence-electron chi connectivity index (χ1n) is 11.5. The van der Waals surface area contributed by atoms with E-state index >= 15 is 0 Å². The van der Waals surface area contributed by atoms with Crippen LogP contribution in [0.1, 0.15) is 88.0 Å². The van der Waals surface area contributed by atoms with Crippen LogP contribution in [-0.4, -0.2) is 26.0 Å². The van der Waals surface area contributed by atoms with Crippen LogP contribution in [0.4, 0.5) is 13.2 Å². The summed E-state index contributed by atoms with van der Waals surface area (Å²) in [5.41, 5.74) is -0.876. The average Bonchev–Trinajstić information content (AvgIpc) is 3.01. The Morgan fingerprint density at radius 2 is 1.74 bits per heavy atom. The summed E-state index contributed by atoms with van der Waals surface area (Å²) in [6.07, 6.45) is 1.21. The van der Waals surface area contributed by atoms with Gasteiger partial charge in [0.1, 0.15) is 0 Å². The van der Waals surface area contributed by atoms with E-state index in [-0.39, 0.29) is 16.5 Å². The lowest BCUT2D eigenvalue weighted by molar-refractivity contribution is -0.137. The van der Waals surface area contributed by atoms with Crippen molar-refractivity contribution in [3.8, 4) is 0 Å². The van der Waals surface area contributed by atoms with E-state index < -0.39 is 23.2 Å². The summed E-state index contributed by atoms with van der Waals surface area (Å²) < 4.78 is 44.0. The Labute approximate surface area is 199 Å². The fraction of sp³-hybridized carbons (Fsp3) is 0.538. The third-order valence-corrected chi connectivity index (χ3v) is 5.48. The Hall–Kier alpha value is -2.61.